The smallest absolute Gasteiger partial charge is 0.270 e. The molecule has 118 valence electrons. The first-order valence-electron chi connectivity index (χ1n) is 6.53. The van der Waals surface area contributed by atoms with E-state index in [-0.39, 0.29) is 29.2 Å². The van der Waals surface area contributed by atoms with Crippen molar-refractivity contribution in [2.75, 3.05) is 0 Å². The first-order chi connectivity index (χ1) is 11.0. The van der Waals surface area contributed by atoms with Gasteiger partial charge >= 0.3 is 0 Å². The summed E-state index contributed by atoms with van der Waals surface area (Å²) in [6.45, 7) is 0. The average Bonchev–Trinajstić information content (AvgIpc) is 2.49. The molecule has 0 radical (unpaired) electrons. The number of nitro groups is 1. The second kappa shape index (κ2) is 7.03. The summed E-state index contributed by atoms with van der Waals surface area (Å²) < 4.78 is 0. The predicted octanol–water partition coefficient (Wildman–Crippen LogP) is 1.70. The van der Waals surface area contributed by atoms with Gasteiger partial charge in [0.05, 0.1) is 17.6 Å². The van der Waals surface area contributed by atoms with Crippen molar-refractivity contribution in [3.05, 3.63) is 63.7 Å². The lowest BCUT2D eigenvalue weighted by Crippen LogP contribution is -2.19. The van der Waals surface area contributed by atoms with Gasteiger partial charge in [0.25, 0.3) is 5.69 Å². The Labute approximate surface area is 130 Å². The quantitative estimate of drug-likeness (QED) is 0.440. The summed E-state index contributed by atoms with van der Waals surface area (Å²) in [4.78, 5) is 21.8. The highest BCUT2D eigenvalue weighted by Gasteiger charge is 2.09. The number of phenolic OH excluding ortho intramolecular Hbond substituents is 2. The molecule has 1 amide bonds. The molecule has 23 heavy (non-hydrogen) atoms. The van der Waals surface area contributed by atoms with Crippen LogP contribution in [-0.4, -0.2) is 27.3 Å². The Bertz CT molecular complexity index is 773. The summed E-state index contributed by atoms with van der Waals surface area (Å²) >= 11 is 0. The Kier molecular flexibility index (Phi) is 4.88. The van der Waals surface area contributed by atoms with E-state index in [1.165, 1.54) is 18.2 Å². The third-order valence-corrected chi connectivity index (χ3v) is 2.89. The van der Waals surface area contributed by atoms with E-state index in [4.69, 9.17) is 0 Å². The van der Waals surface area contributed by atoms with Crippen molar-refractivity contribution in [1.82, 2.24) is 5.43 Å². The molecule has 0 aliphatic carbocycles. The molecular formula is C15H13N3O5. The number of carbonyl (C=O) groups is 1. The molecule has 0 aliphatic heterocycles. The maximum atomic E-state index is 11.7. The molecule has 0 aromatic heterocycles. The molecular weight excluding hydrogens is 302 g/mol. The standard InChI is InChI=1S/C15H13N3O5/c19-13-3-1-2-10(6-13)7-15(21)17-16-9-11-8-12(18(22)23)4-5-14(11)20/h1-6,8-9,19-20H,7H2,(H,17,21). The number of non-ortho nitro benzene ring substituents is 1. The van der Waals surface area contributed by atoms with Gasteiger partial charge in [-0.15, -0.1) is 0 Å². The maximum Gasteiger partial charge on any atom is 0.270 e. The SMILES string of the molecule is O=C(Cc1cccc(O)c1)NN=Cc1cc([N+](=O)[O-])ccc1O. The van der Waals surface area contributed by atoms with Crippen molar-refractivity contribution in [2.24, 2.45) is 5.10 Å². The fourth-order valence-corrected chi connectivity index (χ4v) is 1.82. The Hall–Kier alpha value is -3.42. The fraction of sp³-hybridized carbons (Fsp3) is 0.0667. The summed E-state index contributed by atoms with van der Waals surface area (Å²) in [7, 11) is 0. The van der Waals surface area contributed by atoms with Crippen LogP contribution in [0.25, 0.3) is 0 Å². The van der Waals surface area contributed by atoms with Gasteiger partial charge in [-0.2, -0.15) is 5.10 Å². The van der Waals surface area contributed by atoms with Crippen molar-refractivity contribution in [3.8, 4) is 11.5 Å². The molecule has 2 rings (SSSR count). The Morgan fingerprint density at radius 2 is 2.04 bits per heavy atom. The van der Waals surface area contributed by atoms with Gasteiger partial charge in [0.2, 0.25) is 5.91 Å². The number of phenols is 2. The van der Waals surface area contributed by atoms with E-state index in [1.54, 1.807) is 12.1 Å². The molecule has 0 bridgehead atoms. The Morgan fingerprint density at radius 3 is 2.74 bits per heavy atom. The highest BCUT2D eigenvalue weighted by Crippen LogP contribution is 2.21. The molecule has 0 saturated heterocycles. The highest BCUT2D eigenvalue weighted by atomic mass is 16.6. The minimum atomic E-state index is -0.600. The monoisotopic (exact) mass is 315 g/mol. The second-order valence-corrected chi connectivity index (χ2v) is 4.64. The summed E-state index contributed by atoms with van der Waals surface area (Å²) in [5, 5.41) is 33.2. The lowest BCUT2D eigenvalue weighted by Gasteiger charge is -2.02. The van der Waals surface area contributed by atoms with E-state index in [2.05, 4.69) is 10.5 Å². The third-order valence-electron chi connectivity index (χ3n) is 2.89. The molecule has 8 heteroatoms. The molecule has 0 atom stereocenters. The van der Waals surface area contributed by atoms with Crippen LogP contribution in [0, 0.1) is 10.1 Å². The van der Waals surface area contributed by atoms with Crippen LogP contribution in [0.3, 0.4) is 0 Å². The molecule has 0 fully saturated rings. The van der Waals surface area contributed by atoms with Gasteiger partial charge in [-0.25, -0.2) is 5.43 Å². The predicted molar refractivity (Wildman–Crippen MR) is 82.3 cm³/mol. The fourth-order valence-electron chi connectivity index (χ4n) is 1.82. The van der Waals surface area contributed by atoms with Crippen molar-refractivity contribution >= 4 is 17.8 Å². The van der Waals surface area contributed by atoms with Crippen LogP contribution < -0.4 is 5.43 Å². The first-order valence-corrected chi connectivity index (χ1v) is 6.53. The Balaban J connectivity index is 2.00. The zero-order valence-electron chi connectivity index (χ0n) is 11.8. The van der Waals surface area contributed by atoms with Gasteiger partial charge in [0, 0.05) is 17.7 Å². The van der Waals surface area contributed by atoms with Crippen molar-refractivity contribution in [1.29, 1.82) is 0 Å². The molecule has 0 spiro atoms. The second-order valence-electron chi connectivity index (χ2n) is 4.64. The van der Waals surface area contributed by atoms with Crippen LogP contribution in [0.1, 0.15) is 11.1 Å². The molecule has 3 N–H and O–H groups in total. The number of carbonyl (C=O) groups excluding carboxylic acids is 1. The van der Waals surface area contributed by atoms with Gasteiger partial charge in [-0.3, -0.25) is 14.9 Å². The molecule has 8 nitrogen and oxygen atoms in total. The number of hydrogen-bond donors (Lipinski definition) is 3. The largest absolute Gasteiger partial charge is 0.508 e. The third kappa shape index (κ3) is 4.53. The maximum absolute atomic E-state index is 11.7. The lowest BCUT2D eigenvalue weighted by atomic mass is 10.1. The minimum absolute atomic E-state index is 0.00661. The van der Waals surface area contributed by atoms with E-state index in [9.17, 15) is 25.1 Å². The van der Waals surface area contributed by atoms with Gasteiger partial charge in [-0.1, -0.05) is 12.1 Å². The van der Waals surface area contributed by atoms with Crippen LogP contribution in [0.2, 0.25) is 0 Å². The lowest BCUT2D eigenvalue weighted by molar-refractivity contribution is -0.384. The number of amides is 1. The van der Waals surface area contributed by atoms with E-state index >= 15 is 0 Å². The molecule has 2 aromatic rings. The number of nitrogens with one attached hydrogen (secondary N) is 1. The van der Waals surface area contributed by atoms with Gasteiger partial charge in [0.15, 0.2) is 0 Å². The van der Waals surface area contributed by atoms with Crippen LogP contribution in [0.4, 0.5) is 5.69 Å². The first kappa shape index (κ1) is 16.0. The van der Waals surface area contributed by atoms with Crippen molar-refractivity contribution < 1.29 is 19.9 Å². The van der Waals surface area contributed by atoms with Crippen LogP contribution in [-0.2, 0) is 11.2 Å². The number of rotatable bonds is 5. The molecule has 0 unspecified atom stereocenters. The van der Waals surface area contributed by atoms with Crippen molar-refractivity contribution in [2.45, 2.75) is 6.42 Å². The van der Waals surface area contributed by atoms with Crippen LogP contribution >= 0.6 is 0 Å². The average molecular weight is 315 g/mol. The van der Waals surface area contributed by atoms with E-state index in [1.807, 2.05) is 0 Å². The van der Waals surface area contributed by atoms with Crippen LogP contribution in [0.5, 0.6) is 11.5 Å². The molecule has 0 aliphatic rings. The zero-order valence-corrected chi connectivity index (χ0v) is 11.8. The number of benzene rings is 2. The Morgan fingerprint density at radius 1 is 1.26 bits per heavy atom. The minimum Gasteiger partial charge on any atom is -0.508 e. The number of aromatic hydroxyl groups is 2. The molecule has 0 heterocycles. The van der Waals surface area contributed by atoms with E-state index < -0.39 is 10.8 Å². The number of nitro benzene ring substituents is 1. The van der Waals surface area contributed by atoms with E-state index in [0.717, 1.165) is 18.3 Å². The normalized spacial score (nSPS) is 10.6. The summed E-state index contributed by atoms with van der Waals surface area (Å²) in [6.07, 6.45) is 1.12. The van der Waals surface area contributed by atoms with Gasteiger partial charge in [-0.05, 0) is 23.8 Å². The highest BCUT2D eigenvalue weighted by molar-refractivity contribution is 5.86. The number of hydrazone groups is 1. The molecule has 0 saturated carbocycles. The van der Waals surface area contributed by atoms with Crippen LogP contribution in [0.15, 0.2) is 47.6 Å². The van der Waals surface area contributed by atoms with Gasteiger partial charge < -0.3 is 10.2 Å². The van der Waals surface area contributed by atoms with Gasteiger partial charge in [0.1, 0.15) is 11.5 Å². The summed E-state index contributed by atoms with van der Waals surface area (Å²) in [6, 6.07) is 9.71. The zero-order chi connectivity index (χ0) is 16.8. The number of nitrogens with zero attached hydrogens (tertiary/aromatic N) is 2. The topological polar surface area (TPSA) is 125 Å². The summed E-state index contributed by atoms with van der Waals surface area (Å²) in [5.41, 5.74) is 2.76. The number of hydrogen-bond acceptors (Lipinski definition) is 6. The van der Waals surface area contributed by atoms with E-state index in [0.29, 0.717) is 5.56 Å². The summed E-state index contributed by atoms with van der Waals surface area (Å²) in [5.74, 6) is -0.571. The molecule has 2 aromatic carbocycles. The van der Waals surface area contributed by atoms with Crippen molar-refractivity contribution in [3.63, 3.8) is 0 Å².